The Labute approximate surface area is 126 Å². The number of nitrogens with zero attached hydrogens (tertiary/aromatic N) is 1. The number of aliphatic carboxylic acids is 1. The number of hydrogen-bond acceptors (Lipinski definition) is 2. The number of rotatable bonds is 9. The normalized spacial score (nSPS) is 12.4. The molecular formula is C16H26N2O3. The van der Waals surface area contributed by atoms with E-state index in [9.17, 15) is 9.59 Å². The number of amides is 1. The van der Waals surface area contributed by atoms with E-state index < -0.39 is 5.97 Å². The van der Waals surface area contributed by atoms with Crippen LogP contribution in [0.25, 0.3) is 0 Å². The summed E-state index contributed by atoms with van der Waals surface area (Å²) in [5.74, 6) is -0.562. The fourth-order valence-corrected chi connectivity index (χ4v) is 2.54. The van der Waals surface area contributed by atoms with E-state index >= 15 is 0 Å². The van der Waals surface area contributed by atoms with E-state index in [2.05, 4.69) is 26.1 Å². The van der Waals surface area contributed by atoms with Crippen molar-refractivity contribution >= 4 is 11.9 Å². The van der Waals surface area contributed by atoms with Crippen LogP contribution in [0.15, 0.2) is 18.3 Å². The van der Waals surface area contributed by atoms with Gasteiger partial charge in [0.1, 0.15) is 5.69 Å². The second kappa shape index (κ2) is 8.49. The van der Waals surface area contributed by atoms with Gasteiger partial charge < -0.3 is 15.0 Å². The summed E-state index contributed by atoms with van der Waals surface area (Å²) in [6.07, 6.45) is 3.74. The minimum absolute atomic E-state index is 0.0268. The van der Waals surface area contributed by atoms with Gasteiger partial charge in [0.25, 0.3) is 5.91 Å². The fourth-order valence-electron chi connectivity index (χ4n) is 2.54. The van der Waals surface area contributed by atoms with E-state index in [-0.39, 0.29) is 18.2 Å². The maximum atomic E-state index is 12.2. The van der Waals surface area contributed by atoms with Crippen molar-refractivity contribution < 1.29 is 14.7 Å². The van der Waals surface area contributed by atoms with Gasteiger partial charge in [-0.25, -0.2) is 0 Å². The van der Waals surface area contributed by atoms with Crippen LogP contribution >= 0.6 is 0 Å². The predicted molar refractivity (Wildman–Crippen MR) is 82.3 cm³/mol. The zero-order chi connectivity index (χ0) is 15.8. The number of aromatic nitrogens is 1. The molecule has 0 spiro atoms. The van der Waals surface area contributed by atoms with Crippen LogP contribution in [0, 0.1) is 11.8 Å². The molecule has 0 saturated heterocycles. The van der Waals surface area contributed by atoms with E-state index in [0.29, 0.717) is 18.2 Å². The molecule has 1 amide bonds. The lowest BCUT2D eigenvalue weighted by Crippen LogP contribution is -2.32. The van der Waals surface area contributed by atoms with E-state index in [1.54, 1.807) is 6.07 Å². The fraction of sp³-hybridized carbons (Fsp3) is 0.625. The van der Waals surface area contributed by atoms with Crippen molar-refractivity contribution in [3.8, 4) is 0 Å². The van der Waals surface area contributed by atoms with Crippen LogP contribution in [-0.2, 0) is 11.3 Å². The van der Waals surface area contributed by atoms with Crippen molar-refractivity contribution in [1.82, 2.24) is 9.88 Å². The van der Waals surface area contributed by atoms with Crippen LogP contribution in [0.1, 0.15) is 50.5 Å². The topological polar surface area (TPSA) is 71.3 Å². The van der Waals surface area contributed by atoms with Crippen LogP contribution < -0.4 is 5.32 Å². The molecule has 0 aromatic carbocycles. The SMILES string of the molecule is CCCn1cccc1C(=O)NCC(CC(=O)O)CC(C)C. The van der Waals surface area contributed by atoms with Crippen LogP contribution in [-0.4, -0.2) is 28.1 Å². The van der Waals surface area contributed by atoms with Gasteiger partial charge in [-0.3, -0.25) is 9.59 Å². The number of carbonyl (C=O) groups is 2. The van der Waals surface area contributed by atoms with Gasteiger partial charge >= 0.3 is 5.97 Å². The summed E-state index contributed by atoms with van der Waals surface area (Å²) in [6, 6.07) is 3.65. The van der Waals surface area contributed by atoms with Gasteiger partial charge in [0.15, 0.2) is 0 Å². The summed E-state index contributed by atoms with van der Waals surface area (Å²) in [5, 5.41) is 11.8. The Morgan fingerprint density at radius 2 is 2.10 bits per heavy atom. The predicted octanol–water partition coefficient (Wildman–Crippen LogP) is 2.76. The van der Waals surface area contributed by atoms with Gasteiger partial charge in [-0.1, -0.05) is 20.8 Å². The lowest BCUT2D eigenvalue weighted by molar-refractivity contribution is -0.138. The molecule has 2 N–H and O–H groups in total. The first-order valence-corrected chi connectivity index (χ1v) is 7.59. The molecule has 1 aromatic heterocycles. The molecule has 0 aliphatic heterocycles. The molecule has 21 heavy (non-hydrogen) atoms. The number of nitrogens with one attached hydrogen (secondary N) is 1. The maximum absolute atomic E-state index is 12.2. The third-order valence-corrected chi connectivity index (χ3v) is 3.35. The first kappa shape index (κ1) is 17.3. The van der Waals surface area contributed by atoms with E-state index in [4.69, 9.17) is 5.11 Å². The summed E-state index contributed by atoms with van der Waals surface area (Å²) in [4.78, 5) is 23.1. The molecule has 0 saturated carbocycles. The van der Waals surface area contributed by atoms with Crippen molar-refractivity contribution in [1.29, 1.82) is 0 Å². The molecule has 0 aliphatic carbocycles. The van der Waals surface area contributed by atoms with Crippen molar-refractivity contribution in [2.24, 2.45) is 11.8 Å². The standard InChI is InChI=1S/C16H26N2O3/c1-4-7-18-8-5-6-14(18)16(21)17-11-13(9-12(2)3)10-15(19)20/h5-6,8,12-13H,4,7,9-11H2,1-3H3,(H,17,21)(H,19,20). The maximum Gasteiger partial charge on any atom is 0.303 e. The smallest absolute Gasteiger partial charge is 0.303 e. The van der Waals surface area contributed by atoms with E-state index in [0.717, 1.165) is 19.4 Å². The Bertz CT molecular complexity index is 466. The minimum Gasteiger partial charge on any atom is -0.481 e. The second-order valence-corrected chi connectivity index (χ2v) is 5.89. The molecular weight excluding hydrogens is 268 g/mol. The number of carboxylic acid groups (broad SMARTS) is 1. The van der Waals surface area contributed by atoms with Crippen molar-refractivity contribution in [2.45, 2.75) is 46.6 Å². The number of carbonyl (C=O) groups excluding carboxylic acids is 1. The lowest BCUT2D eigenvalue weighted by Gasteiger charge is -2.18. The zero-order valence-electron chi connectivity index (χ0n) is 13.1. The molecule has 0 radical (unpaired) electrons. The van der Waals surface area contributed by atoms with Crippen molar-refractivity contribution in [2.75, 3.05) is 6.54 Å². The number of hydrogen-bond donors (Lipinski definition) is 2. The molecule has 0 bridgehead atoms. The third-order valence-electron chi connectivity index (χ3n) is 3.35. The summed E-state index contributed by atoms with van der Waals surface area (Å²) >= 11 is 0. The minimum atomic E-state index is -0.816. The number of carboxylic acids is 1. The van der Waals surface area contributed by atoms with E-state index in [1.165, 1.54) is 0 Å². The van der Waals surface area contributed by atoms with Gasteiger partial charge in [-0.2, -0.15) is 0 Å². The van der Waals surface area contributed by atoms with Crippen LogP contribution in [0.2, 0.25) is 0 Å². The average molecular weight is 294 g/mol. The van der Waals surface area contributed by atoms with Gasteiger partial charge in [0, 0.05) is 25.7 Å². The lowest BCUT2D eigenvalue weighted by atomic mass is 9.94. The van der Waals surface area contributed by atoms with Gasteiger partial charge in [-0.15, -0.1) is 0 Å². The molecule has 1 atom stereocenters. The van der Waals surface area contributed by atoms with Gasteiger partial charge in [-0.05, 0) is 36.8 Å². The summed E-state index contributed by atoms with van der Waals surface area (Å²) in [7, 11) is 0. The molecule has 1 rings (SSSR count). The van der Waals surface area contributed by atoms with E-state index in [1.807, 2.05) is 16.8 Å². The zero-order valence-corrected chi connectivity index (χ0v) is 13.1. The molecule has 0 fully saturated rings. The molecule has 1 unspecified atom stereocenters. The highest BCUT2D eigenvalue weighted by molar-refractivity contribution is 5.92. The van der Waals surface area contributed by atoms with Crippen molar-refractivity contribution in [3.63, 3.8) is 0 Å². The summed E-state index contributed by atoms with van der Waals surface area (Å²) < 4.78 is 1.92. The molecule has 5 heteroatoms. The van der Waals surface area contributed by atoms with Crippen LogP contribution in [0.5, 0.6) is 0 Å². The highest BCUT2D eigenvalue weighted by Gasteiger charge is 2.17. The highest BCUT2D eigenvalue weighted by Crippen LogP contribution is 2.15. The first-order chi connectivity index (χ1) is 9.93. The highest BCUT2D eigenvalue weighted by atomic mass is 16.4. The quantitative estimate of drug-likeness (QED) is 0.735. The van der Waals surface area contributed by atoms with Crippen LogP contribution in [0.4, 0.5) is 0 Å². The largest absolute Gasteiger partial charge is 0.481 e. The Balaban J connectivity index is 2.59. The third kappa shape index (κ3) is 6.02. The average Bonchev–Trinajstić information content (AvgIpc) is 2.83. The van der Waals surface area contributed by atoms with Gasteiger partial charge in [0.2, 0.25) is 0 Å². The summed E-state index contributed by atoms with van der Waals surface area (Å²) in [5.41, 5.74) is 0.635. The Kier molecular flexibility index (Phi) is 6.99. The van der Waals surface area contributed by atoms with Crippen molar-refractivity contribution in [3.05, 3.63) is 24.0 Å². The molecule has 5 nitrogen and oxygen atoms in total. The van der Waals surface area contributed by atoms with Gasteiger partial charge in [0.05, 0.1) is 0 Å². The monoisotopic (exact) mass is 294 g/mol. The molecule has 1 heterocycles. The Hall–Kier alpha value is -1.78. The summed E-state index contributed by atoms with van der Waals surface area (Å²) in [6.45, 7) is 7.39. The molecule has 118 valence electrons. The molecule has 0 aliphatic rings. The van der Waals surface area contributed by atoms with Crippen LogP contribution in [0.3, 0.4) is 0 Å². The first-order valence-electron chi connectivity index (χ1n) is 7.59. The number of aryl methyl sites for hydroxylation is 1. The molecule has 1 aromatic rings. The Morgan fingerprint density at radius 1 is 1.38 bits per heavy atom. The Morgan fingerprint density at radius 3 is 2.67 bits per heavy atom. The second-order valence-electron chi connectivity index (χ2n) is 5.89.